The summed E-state index contributed by atoms with van der Waals surface area (Å²) in [6.07, 6.45) is 8.74. The van der Waals surface area contributed by atoms with E-state index in [4.69, 9.17) is 16.3 Å². The number of rotatable bonds is 6. The van der Waals surface area contributed by atoms with E-state index >= 15 is 0 Å². The summed E-state index contributed by atoms with van der Waals surface area (Å²) in [6, 6.07) is 1.91. The molecule has 0 spiro atoms. The molecule has 2 fully saturated rings. The lowest BCUT2D eigenvalue weighted by molar-refractivity contribution is -0.137. The van der Waals surface area contributed by atoms with Crippen LogP contribution >= 0.6 is 11.6 Å². The molecule has 0 bridgehead atoms. The number of nitrogens with one attached hydrogen (secondary N) is 1. The zero-order valence-corrected chi connectivity index (χ0v) is 15.7. The standard InChI is InChI=1S/C19H24ClN3O3/c1-2-26-17(24)7-6-13-10-16(20)18(21-11-13)22-15-8-9-23(12-15)19(25)14-4-3-5-14/h6-7,10-11,14-15H,2-5,8-9,12H2,1H3,(H,21,22)/b7-6+/t15-/m1/s1. The zero-order valence-electron chi connectivity index (χ0n) is 14.9. The van der Waals surface area contributed by atoms with Crippen LogP contribution in [0.25, 0.3) is 6.08 Å². The minimum Gasteiger partial charge on any atom is -0.463 e. The lowest BCUT2D eigenvalue weighted by Gasteiger charge is -2.29. The van der Waals surface area contributed by atoms with Gasteiger partial charge in [0.1, 0.15) is 5.82 Å². The number of likely N-dealkylation sites (tertiary alicyclic amines) is 1. The molecule has 1 atom stereocenters. The number of aromatic nitrogens is 1. The maximum Gasteiger partial charge on any atom is 0.330 e. The van der Waals surface area contributed by atoms with Gasteiger partial charge in [-0.25, -0.2) is 9.78 Å². The van der Waals surface area contributed by atoms with Gasteiger partial charge in [0.25, 0.3) is 0 Å². The molecule has 1 aliphatic heterocycles. The van der Waals surface area contributed by atoms with E-state index in [1.165, 1.54) is 12.5 Å². The Balaban J connectivity index is 1.55. The molecule has 140 valence electrons. The smallest absolute Gasteiger partial charge is 0.330 e. The van der Waals surface area contributed by atoms with Gasteiger partial charge in [-0.15, -0.1) is 0 Å². The predicted molar refractivity (Wildman–Crippen MR) is 101 cm³/mol. The number of hydrogen-bond donors (Lipinski definition) is 1. The molecule has 1 saturated heterocycles. The highest BCUT2D eigenvalue weighted by Crippen LogP contribution is 2.30. The van der Waals surface area contributed by atoms with Crippen LogP contribution in [0.15, 0.2) is 18.3 Å². The van der Waals surface area contributed by atoms with E-state index in [1.54, 1.807) is 25.3 Å². The molecule has 2 aliphatic rings. The summed E-state index contributed by atoms with van der Waals surface area (Å²) in [4.78, 5) is 30.0. The highest BCUT2D eigenvalue weighted by Gasteiger charge is 2.33. The van der Waals surface area contributed by atoms with Crippen molar-refractivity contribution in [2.24, 2.45) is 5.92 Å². The lowest BCUT2D eigenvalue weighted by atomic mass is 9.84. The Labute approximate surface area is 158 Å². The second-order valence-corrected chi connectivity index (χ2v) is 7.13. The Morgan fingerprint density at radius 3 is 2.88 bits per heavy atom. The summed E-state index contributed by atoms with van der Waals surface area (Å²) in [5.41, 5.74) is 0.724. The second-order valence-electron chi connectivity index (χ2n) is 6.73. The molecule has 3 rings (SSSR count). The molecule has 1 aliphatic carbocycles. The summed E-state index contributed by atoms with van der Waals surface area (Å²) < 4.78 is 4.84. The van der Waals surface area contributed by atoms with E-state index in [1.807, 2.05) is 4.90 Å². The quantitative estimate of drug-likeness (QED) is 0.609. The van der Waals surface area contributed by atoms with Gasteiger partial charge in [-0.1, -0.05) is 18.0 Å². The normalized spacial score (nSPS) is 20.2. The molecule has 0 radical (unpaired) electrons. The fourth-order valence-electron chi connectivity index (χ4n) is 3.19. The van der Waals surface area contributed by atoms with Crippen molar-refractivity contribution in [1.29, 1.82) is 0 Å². The predicted octanol–water partition coefficient (Wildman–Crippen LogP) is 3.12. The van der Waals surface area contributed by atoms with Crippen LogP contribution in [0.2, 0.25) is 5.02 Å². The third-order valence-corrected chi connectivity index (χ3v) is 5.14. The highest BCUT2D eigenvalue weighted by atomic mass is 35.5. The Hall–Kier alpha value is -2.08. The van der Waals surface area contributed by atoms with E-state index in [2.05, 4.69) is 10.3 Å². The second kappa shape index (κ2) is 8.54. The highest BCUT2D eigenvalue weighted by molar-refractivity contribution is 6.33. The number of nitrogens with zero attached hydrogens (tertiary/aromatic N) is 2. The van der Waals surface area contributed by atoms with Crippen molar-refractivity contribution in [2.45, 2.75) is 38.6 Å². The molecule has 7 heteroatoms. The van der Waals surface area contributed by atoms with Crippen LogP contribution in [0.1, 0.15) is 38.2 Å². The molecule has 0 aromatic carbocycles. The molecule has 1 aromatic rings. The van der Waals surface area contributed by atoms with Crippen LogP contribution in [0, 0.1) is 5.92 Å². The molecule has 26 heavy (non-hydrogen) atoms. The maximum atomic E-state index is 12.3. The maximum absolute atomic E-state index is 12.3. The van der Waals surface area contributed by atoms with E-state index in [-0.39, 0.29) is 12.0 Å². The van der Waals surface area contributed by atoms with Gasteiger partial charge in [0.15, 0.2) is 0 Å². The number of ether oxygens (including phenoxy) is 1. The first kappa shape index (κ1) is 18.7. The SMILES string of the molecule is CCOC(=O)/C=C/c1cnc(N[C@@H]2CCN(C(=O)C3CCC3)C2)c(Cl)c1. The molecule has 1 N–H and O–H groups in total. The number of esters is 1. The van der Waals surface area contributed by atoms with Crippen molar-refractivity contribution >= 4 is 35.4 Å². The molecular weight excluding hydrogens is 354 g/mol. The minimum atomic E-state index is -0.395. The van der Waals surface area contributed by atoms with E-state index in [0.29, 0.717) is 29.9 Å². The first-order chi connectivity index (χ1) is 12.6. The Kier molecular flexibility index (Phi) is 6.14. The van der Waals surface area contributed by atoms with Crippen molar-refractivity contribution in [3.05, 3.63) is 28.9 Å². The van der Waals surface area contributed by atoms with Crippen LogP contribution in [-0.4, -0.2) is 47.5 Å². The third-order valence-electron chi connectivity index (χ3n) is 4.86. The van der Waals surface area contributed by atoms with Gasteiger partial charge in [0, 0.05) is 37.3 Å². The molecule has 1 aromatic heterocycles. The van der Waals surface area contributed by atoms with Crippen LogP contribution in [0.4, 0.5) is 5.82 Å². The van der Waals surface area contributed by atoms with Gasteiger partial charge >= 0.3 is 5.97 Å². The number of carbonyl (C=O) groups excluding carboxylic acids is 2. The number of halogens is 1. The zero-order chi connectivity index (χ0) is 18.5. The Bertz CT molecular complexity index is 703. The van der Waals surface area contributed by atoms with Gasteiger partial charge in [-0.2, -0.15) is 0 Å². The average molecular weight is 378 g/mol. The number of pyridine rings is 1. The van der Waals surface area contributed by atoms with Crippen LogP contribution in [0.5, 0.6) is 0 Å². The molecule has 1 amide bonds. The van der Waals surface area contributed by atoms with Crippen molar-refractivity contribution in [3.63, 3.8) is 0 Å². The summed E-state index contributed by atoms with van der Waals surface area (Å²) in [5, 5.41) is 3.81. The monoisotopic (exact) mass is 377 g/mol. The summed E-state index contributed by atoms with van der Waals surface area (Å²) >= 11 is 6.31. The number of carbonyl (C=O) groups is 2. The van der Waals surface area contributed by atoms with Gasteiger partial charge in [0.2, 0.25) is 5.91 Å². The van der Waals surface area contributed by atoms with E-state index in [9.17, 15) is 9.59 Å². The van der Waals surface area contributed by atoms with Crippen molar-refractivity contribution in [1.82, 2.24) is 9.88 Å². The first-order valence-corrected chi connectivity index (χ1v) is 9.50. The third kappa shape index (κ3) is 4.55. The largest absolute Gasteiger partial charge is 0.463 e. The Morgan fingerprint density at radius 1 is 1.42 bits per heavy atom. The van der Waals surface area contributed by atoms with Gasteiger partial charge in [-0.3, -0.25) is 4.79 Å². The molecule has 1 saturated carbocycles. The van der Waals surface area contributed by atoms with Crippen molar-refractivity contribution in [3.8, 4) is 0 Å². The minimum absolute atomic E-state index is 0.157. The Morgan fingerprint density at radius 2 is 2.23 bits per heavy atom. The van der Waals surface area contributed by atoms with E-state index in [0.717, 1.165) is 31.4 Å². The van der Waals surface area contributed by atoms with Crippen molar-refractivity contribution in [2.75, 3.05) is 25.0 Å². The van der Waals surface area contributed by atoms with Crippen molar-refractivity contribution < 1.29 is 14.3 Å². The molecule has 6 nitrogen and oxygen atoms in total. The fourth-order valence-corrected chi connectivity index (χ4v) is 3.42. The van der Waals surface area contributed by atoms with Crippen LogP contribution in [-0.2, 0) is 14.3 Å². The molecular formula is C19H24ClN3O3. The van der Waals surface area contributed by atoms with E-state index < -0.39 is 5.97 Å². The van der Waals surface area contributed by atoms with Crippen LogP contribution < -0.4 is 5.32 Å². The van der Waals surface area contributed by atoms with Gasteiger partial charge in [0.05, 0.1) is 11.6 Å². The lowest BCUT2D eigenvalue weighted by Crippen LogP contribution is -2.38. The molecule has 0 unspecified atom stereocenters. The summed E-state index contributed by atoms with van der Waals surface area (Å²) in [5.74, 6) is 0.732. The topological polar surface area (TPSA) is 71.5 Å². The number of hydrogen-bond acceptors (Lipinski definition) is 5. The number of anilines is 1. The fraction of sp³-hybridized carbons (Fsp3) is 0.526. The summed E-state index contributed by atoms with van der Waals surface area (Å²) in [7, 11) is 0. The number of amides is 1. The van der Waals surface area contributed by atoms with Crippen LogP contribution in [0.3, 0.4) is 0 Å². The van der Waals surface area contributed by atoms with Gasteiger partial charge < -0.3 is 15.0 Å². The first-order valence-electron chi connectivity index (χ1n) is 9.12. The molecule has 2 heterocycles. The van der Waals surface area contributed by atoms with Gasteiger partial charge in [-0.05, 0) is 43.9 Å². The summed E-state index contributed by atoms with van der Waals surface area (Å²) in [6.45, 7) is 3.57. The average Bonchev–Trinajstić information content (AvgIpc) is 3.02.